The van der Waals surface area contributed by atoms with Gasteiger partial charge in [-0.25, -0.2) is 15.2 Å². The van der Waals surface area contributed by atoms with E-state index >= 15 is 0 Å². The topological polar surface area (TPSA) is 88.1 Å². The van der Waals surface area contributed by atoms with Crippen molar-refractivity contribution < 1.29 is 9.59 Å². The fourth-order valence-corrected chi connectivity index (χ4v) is 2.32. The van der Waals surface area contributed by atoms with Gasteiger partial charge >= 0.3 is 6.03 Å². The average molecular weight is 317 g/mol. The summed E-state index contributed by atoms with van der Waals surface area (Å²) in [6, 6.07) is 4.88. The maximum atomic E-state index is 12.1. The minimum atomic E-state index is -0.431. The van der Waals surface area contributed by atoms with Gasteiger partial charge in [0, 0.05) is 18.7 Å². The van der Waals surface area contributed by atoms with E-state index in [4.69, 9.17) is 0 Å². The van der Waals surface area contributed by atoms with Crippen molar-refractivity contribution in [3.8, 4) is 0 Å². The Morgan fingerprint density at radius 1 is 1.26 bits per heavy atom. The van der Waals surface area contributed by atoms with Crippen molar-refractivity contribution in [2.24, 2.45) is 5.92 Å². The van der Waals surface area contributed by atoms with E-state index in [2.05, 4.69) is 32.6 Å². The molecule has 23 heavy (non-hydrogen) atoms. The number of benzene rings is 1. The fraction of sp³-hybridized carbons (Fsp3) is 0.438. The lowest BCUT2D eigenvalue weighted by molar-refractivity contribution is 0.0936. The van der Waals surface area contributed by atoms with Crippen molar-refractivity contribution >= 4 is 23.0 Å². The van der Waals surface area contributed by atoms with Crippen molar-refractivity contribution in [2.75, 3.05) is 6.54 Å². The molecule has 0 atom stereocenters. The molecule has 0 bridgehead atoms. The Bertz CT molecular complexity index is 721. The zero-order chi connectivity index (χ0) is 17.0. The predicted molar refractivity (Wildman–Crippen MR) is 89.0 cm³/mol. The van der Waals surface area contributed by atoms with Gasteiger partial charge in [0.1, 0.15) is 5.82 Å². The number of carbonyl (C=O) groups is 2. The van der Waals surface area contributed by atoms with Crippen LogP contribution in [0.1, 0.15) is 37.0 Å². The highest BCUT2D eigenvalue weighted by Crippen LogP contribution is 2.17. The standard InChI is InChI=1S/C16H23N5O2/c1-5-21-11(4)18-13-8-12(6-7-14(13)21)15(22)19-20-16(23)17-9-10(2)3/h6-8,10H,5,9H2,1-4H3,(H,19,22)(H2,17,20,23). The van der Waals surface area contributed by atoms with Gasteiger partial charge in [-0.15, -0.1) is 0 Å². The summed E-state index contributed by atoms with van der Waals surface area (Å²) in [4.78, 5) is 28.1. The molecular weight excluding hydrogens is 294 g/mol. The number of amides is 3. The van der Waals surface area contributed by atoms with E-state index in [1.54, 1.807) is 12.1 Å². The Balaban J connectivity index is 2.02. The molecule has 1 aromatic heterocycles. The number of aryl methyl sites for hydroxylation is 2. The van der Waals surface area contributed by atoms with E-state index in [0.717, 1.165) is 23.4 Å². The molecule has 0 aliphatic rings. The number of imidazole rings is 1. The van der Waals surface area contributed by atoms with Crippen LogP contribution in [0.3, 0.4) is 0 Å². The average Bonchev–Trinajstić information content (AvgIpc) is 2.84. The summed E-state index contributed by atoms with van der Waals surface area (Å²) < 4.78 is 2.08. The minimum absolute atomic E-state index is 0.343. The predicted octanol–water partition coefficient (Wildman–Crippen LogP) is 1.96. The largest absolute Gasteiger partial charge is 0.336 e. The first-order valence-corrected chi connectivity index (χ1v) is 7.73. The van der Waals surface area contributed by atoms with Gasteiger partial charge in [-0.1, -0.05) is 13.8 Å². The van der Waals surface area contributed by atoms with Gasteiger partial charge in [-0.3, -0.25) is 10.2 Å². The zero-order valence-electron chi connectivity index (χ0n) is 13.9. The molecular formula is C16H23N5O2. The first-order valence-electron chi connectivity index (χ1n) is 7.73. The number of carbonyl (C=O) groups excluding carboxylic acids is 2. The summed E-state index contributed by atoms with van der Waals surface area (Å²) in [6.45, 7) is 9.34. The lowest BCUT2D eigenvalue weighted by Gasteiger charge is -2.10. The van der Waals surface area contributed by atoms with Crippen LogP contribution in [-0.4, -0.2) is 28.0 Å². The van der Waals surface area contributed by atoms with Crippen LogP contribution >= 0.6 is 0 Å². The van der Waals surface area contributed by atoms with Crippen LogP contribution in [0.2, 0.25) is 0 Å². The molecule has 0 saturated carbocycles. The van der Waals surface area contributed by atoms with E-state index in [9.17, 15) is 9.59 Å². The Morgan fingerprint density at radius 3 is 2.65 bits per heavy atom. The summed E-state index contributed by atoms with van der Waals surface area (Å²) in [7, 11) is 0. The number of rotatable bonds is 4. The number of nitrogens with zero attached hydrogens (tertiary/aromatic N) is 2. The number of hydrogen-bond donors (Lipinski definition) is 3. The molecule has 7 heteroatoms. The van der Waals surface area contributed by atoms with Gasteiger partial charge in [0.25, 0.3) is 5.91 Å². The first-order chi connectivity index (χ1) is 10.9. The van der Waals surface area contributed by atoms with Gasteiger partial charge in [0.2, 0.25) is 0 Å². The van der Waals surface area contributed by atoms with Gasteiger partial charge in [-0.2, -0.15) is 0 Å². The second-order valence-electron chi connectivity index (χ2n) is 5.79. The van der Waals surface area contributed by atoms with Crippen molar-refractivity contribution in [3.05, 3.63) is 29.6 Å². The first kappa shape index (κ1) is 16.8. The molecule has 0 radical (unpaired) electrons. The van der Waals surface area contributed by atoms with Crippen molar-refractivity contribution in [1.29, 1.82) is 0 Å². The zero-order valence-corrected chi connectivity index (χ0v) is 13.9. The summed E-state index contributed by atoms with van der Waals surface area (Å²) >= 11 is 0. The molecule has 3 amide bonds. The molecule has 7 nitrogen and oxygen atoms in total. The maximum absolute atomic E-state index is 12.1. The number of hydrogen-bond acceptors (Lipinski definition) is 3. The Hall–Kier alpha value is -2.57. The van der Waals surface area contributed by atoms with Crippen LogP contribution < -0.4 is 16.2 Å². The van der Waals surface area contributed by atoms with E-state index in [1.807, 2.05) is 26.8 Å². The molecule has 0 saturated heterocycles. The van der Waals surface area contributed by atoms with Crippen molar-refractivity contribution in [2.45, 2.75) is 34.2 Å². The molecule has 0 aliphatic carbocycles. The third-order valence-corrected chi connectivity index (χ3v) is 3.48. The van der Waals surface area contributed by atoms with E-state index in [-0.39, 0.29) is 5.91 Å². The lowest BCUT2D eigenvalue weighted by Crippen LogP contribution is -2.47. The van der Waals surface area contributed by atoms with Gasteiger partial charge in [0.15, 0.2) is 0 Å². The second-order valence-corrected chi connectivity index (χ2v) is 5.79. The number of aromatic nitrogens is 2. The quantitative estimate of drug-likeness (QED) is 0.753. The van der Waals surface area contributed by atoms with Crippen LogP contribution in [0.5, 0.6) is 0 Å². The summed E-state index contributed by atoms with van der Waals surface area (Å²) in [6.07, 6.45) is 0. The third-order valence-electron chi connectivity index (χ3n) is 3.48. The summed E-state index contributed by atoms with van der Waals surface area (Å²) in [5.74, 6) is 0.873. The molecule has 0 unspecified atom stereocenters. The lowest BCUT2D eigenvalue weighted by atomic mass is 10.2. The van der Waals surface area contributed by atoms with Crippen LogP contribution in [0.4, 0.5) is 4.79 Å². The third kappa shape index (κ3) is 4.00. The minimum Gasteiger partial charge on any atom is -0.336 e. The van der Waals surface area contributed by atoms with E-state index in [1.165, 1.54) is 0 Å². The highest BCUT2D eigenvalue weighted by molar-refractivity contribution is 5.98. The van der Waals surface area contributed by atoms with Crippen LogP contribution in [0, 0.1) is 12.8 Å². The molecule has 124 valence electrons. The Morgan fingerprint density at radius 2 is 2.00 bits per heavy atom. The number of nitrogens with one attached hydrogen (secondary N) is 3. The maximum Gasteiger partial charge on any atom is 0.333 e. The van der Waals surface area contributed by atoms with E-state index < -0.39 is 6.03 Å². The smallest absolute Gasteiger partial charge is 0.333 e. The Kier molecular flexibility index (Phi) is 5.20. The summed E-state index contributed by atoms with van der Waals surface area (Å²) in [5, 5.41) is 2.66. The number of fused-ring (bicyclic) bond motifs is 1. The van der Waals surface area contributed by atoms with Gasteiger partial charge in [0.05, 0.1) is 11.0 Å². The highest BCUT2D eigenvalue weighted by atomic mass is 16.2. The van der Waals surface area contributed by atoms with Gasteiger partial charge in [-0.05, 0) is 38.0 Å². The highest BCUT2D eigenvalue weighted by Gasteiger charge is 2.11. The molecule has 0 fully saturated rings. The van der Waals surface area contributed by atoms with Crippen molar-refractivity contribution in [3.63, 3.8) is 0 Å². The molecule has 0 aliphatic heterocycles. The molecule has 3 N–H and O–H groups in total. The SMILES string of the molecule is CCn1c(C)nc2cc(C(=O)NNC(=O)NCC(C)C)ccc21. The van der Waals surface area contributed by atoms with Crippen LogP contribution in [0.25, 0.3) is 11.0 Å². The molecule has 2 rings (SSSR count). The van der Waals surface area contributed by atoms with Crippen LogP contribution in [0.15, 0.2) is 18.2 Å². The van der Waals surface area contributed by atoms with Crippen LogP contribution in [-0.2, 0) is 6.54 Å². The summed E-state index contributed by atoms with van der Waals surface area (Å²) in [5.41, 5.74) is 6.93. The normalized spacial score (nSPS) is 10.8. The molecule has 1 aromatic carbocycles. The molecule has 1 heterocycles. The number of hydrazine groups is 1. The Labute approximate surface area is 135 Å². The molecule has 2 aromatic rings. The van der Waals surface area contributed by atoms with Crippen molar-refractivity contribution in [1.82, 2.24) is 25.7 Å². The molecule has 0 spiro atoms. The monoisotopic (exact) mass is 317 g/mol. The fourth-order valence-electron chi connectivity index (χ4n) is 2.32. The number of urea groups is 1. The second kappa shape index (κ2) is 7.13. The van der Waals surface area contributed by atoms with E-state index in [0.29, 0.717) is 18.0 Å². The van der Waals surface area contributed by atoms with Gasteiger partial charge < -0.3 is 9.88 Å².